The molecule has 13 heavy (non-hydrogen) atoms. The number of aliphatic carboxylic acids is 1. The van der Waals surface area contributed by atoms with Gasteiger partial charge in [0.2, 0.25) is 0 Å². The Balaban J connectivity index is -0.000000500. The second-order valence-electron chi connectivity index (χ2n) is 2.09. The second-order valence-corrected chi connectivity index (χ2v) is 2.09. The monoisotopic (exact) mass is 351 g/mol. The van der Waals surface area contributed by atoms with Gasteiger partial charge in [0.05, 0.1) is 0 Å². The third kappa shape index (κ3) is 14.2. The van der Waals surface area contributed by atoms with E-state index in [9.17, 15) is 4.79 Å². The summed E-state index contributed by atoms with van der Waals surface area (Å²) in [5, 5.41) is 8.29. The van der Waals surface area contributed by atoms with Crippen molar-refractivity contribution in [3.05, 3.63) is 43.1 Å². The van der Waals surface area contributed by atoms with Gasteiger partial charge in [-0.15, -0.1) is 12.2 Å². The van der Waals surface area contributed by atoms with Crippen molar-refractivity contribution in [1.82, 2.24) is 0 Å². The number of carbonyl (C=O) groups is 1. The van der Waals surface area contributed by atoms with Crippen molar-refractivity contribution in [1.29, 1.82) is 0 Å². The van der Waals surface area contributed by atoms with E-state index in [1.165, 1.54) is 0 Å². The van der Waals surface area contributed by atoms with E-state index in [0.717, 1.165) is 5.57 Å². The topological polar surface area (TPSA) is 70.8 Å². The first-order valence-corrected chi connectivity index (χ1v) is 3.25. The molecule has 0 heterocycles. The molecule has 0 aliphatic rings. The summed E-state index contributed by atoms with van der Waals surface area (Å²) >= 11 is 0. The fourth-order valence-electron chi connectivity index (χ4n) is 0.528. The van der Waals surface area contributed by atoms with Crippen molar-refractivity contribution in [3.8, 4) is 0 Å². The van der Waals surface area contributed by atoms with Gasteiger partial charge in [-0.2, -0.15) is 6.58 Å². The van der Waals surface area contributed by atoms with Crippen molar-refractivity contribution in [3.63, 3.8) is 0 Å². The quantitative estimate of drug-likeness (QED) is 0.611. The van der Waals surface area contributed by atoms with Gasteiger partial charge < -0.3 is 11.3 Å². The van der Waals surface area contributed by atoms with Crippen LogP contribution >= 0.6 is 0 Å². The molecule has 0 spiro atoms. The summed E-state index contributed by atoms with van der Waals surface area (Å²) in [6, 6.07) is 0. The van der Waals surface area contributed by atoms with Crippen LogP contribution in [-0.4, -0.2) is 11.1 Å². The molecular formula is C9H13NO2W. The van der Waals surface area contributed by atoms with E-state index in [2.05, 4.69) is 19.2 Å². The summed E-state index contributed by atoms with van der Waals surface area (Å²) in [5.41, 5.74) is 0.781. The minimum Gasteiger partial charge on any atom is -0.693 e. The van der Waals surface area contributed by atoms with E-state index in [1.807, 2.05) is 0 Å². The second kappa shape index (κ2) is 11.3. The van der Waals surface area contributed by atoms with Crippen LogP contribution in [0.5, 0.6) is 0 Å². The third-order valence-corrected chi connectivity index (χ3v) is 1.10. The van der Waals surface area contributed by atoms with Crippen molar-refractivity contribution in [2.75, 3.05) is 0 Å². The predicted octanol–water partition coefficient (Wildman–Crippen LogP) is 2.67. The average Bonchev–Trinajstić information content (AvgIpc) is 1.97. The molecule has 0 aromatic heterocycles. The first-order chi connectivity index (χ1) is 5.16. The van der Waals surface area contributed by atoms with Gasteiger partial charge in [0.25, 0.3) is 0 Å². The molecule has 0 aromatic carbocycles. The first kappa shape index (κ1) is 18.2. The first-order valence-electron chi connectivity index (χ1n) is 3.25. The molecule has 3 N–H and O–H groups in total. The minimum atomic E-state index is -0.804. The molecular weight excluding hydrogens is 338 g/mol. The normalized spacial score (nSPS) is 8.31. The van der Waals surface area contributed by atoms with Crippen molar-refractivity contribution >= 4 is 5.97 Å². The standard InChI is InChI=1S/C9H11O2.H2N.W/c1-3-4-5-8(2)6-7-9(10)11;;/h4-5H,1-2,6-7H2,(H,10,11);1H2;/q2*-1;+2/b5-4-;;. The number of allylic oxidation sites excluding steroid dienone is 4. The maximum absolute atomic E-state index is 10.1. The average molecular weight is 351 g/mol. The molecule has 72 valence electrons. The van der Waals surface area contributed by atoms with Crippen LogP contribution in [0.2, 0.25) is 0 Å². The fourth-order valence-corrected chi connectivity index (χ4v) is 0.528. The molecule has 0 bridgehead atoms. The zero-order valence-electron chi connectivity index (χ0n) is 7.32. The SMILES string of the molecule is C=[C-]/C=C\C(=C)CCC(=O)O.[NH2-].[W+2]. The molecule has 0 aliphatic carbocycles. The molecule has 0 aromatic rings. The van der Waals surface area contributed by atoms with Crippen LogP contribution in [0.3, 0.4) is 0 Å². The van der Waals surface area contributed by atoms with Gasteiger partial charge in [0.15, 0.2) is 0 Å². The molecule has 0 fully saturated rings. The van der Waals surface area contributed by atoms with Gasteiger partial charge in [0, 0.05) is 6.42 Å². The van der Waals surface area contributed by atoms with Crippen molar-refractivity contribution < 1.29 is 31.0 Å². The van der Waals surface area contributed by atoms with Crippen LogP contribution in [0.25, 0.3) is 6.15 Å². The largest absolute Gasteiger partial charge is 2.00 e. The summed E-state index contributed by atoms with van der Waals surface area (Å²) in [6.07, 6.45) is 6.47. The summed E-state index contributed by atoms with van der Waals surface area (Å²) in [7, 11) is 0. The summed E-state index contributed by atoms with van der Waals surface area (Å²) in [4.78, 5) is 10.1. The van der Waals surface area contributed by atoms with E-state index in [-0.39, 0.29) is 33.6 Å². The Morgan fingerprint density at radius 3 is 2.38 bits per heavy atom. The van der Waals surface area contributed by atoms with Crippen LogP contribution in [0.15, 0.2) is 30.9 Å². The number of carboxylic acids is 1. The Bertz CT molecular complexity index is 200. The van der Waals surface area contributed by atoms with Crippen LogP contribution in [0.4, 0.5) is 0 Å². The van der Waals surface area contributed by atoms with E-state index >= 15 is 0 Å². The van der Waals surface area contributed by atoms with E-state index in [1.54, 1.807) is 12.2 Å². The Labute approximate surface area is 93.1 Å². The number of rotatable bonds is 5. The fraction of sp³-hybridized carbons (Fsp3) is 0.222. The van der Waals surface area contributed by atoms with Crippen LogP contribution in [0, 0.1) is 6.08 Å². The van der Waals surface area contributed by atoms with E-state index in [0.29, 0.717) is 6.42 Å². The number of carboxylic acid groups (broad SMARTS) is 1. The molecule has 3 nitrogen and oxygen atoms in total. The molecule has 0 aliphatic heterocycles. The number of hydrogen-bond donors (Lipinski definition) is 1. The molecule has 0 saturated carbocycles. The van der Waals surface area contributed by atoms with E-state index in [4.69, 9.17) is 5.11 Å². The summed E-state index contributed by atoms with van der Waals surface area (Å²) in [5.74, 6) is -0.804. The van der Waals surface area contributed by atoms with Crippen LogP contribution in [0.1, 0.15) is 12.8 Å². The molecule has 0 unspecified atom stereocenters. The third-order valence-electron chi connectivity index (χ3n) is 1.10. The maximum atomic E-state index is 10.1. The molecule has 0 amide bonds. The van der Waals surface area contributed by atoms with E-state index < -0.39 is 5.97 Å². The Morgan fingerprint density at radius 2 is 2.00 bits per heavy atom. The smallest absolute Gasteiger partial charge is 0.693 e. The predicted molar refractivity (Wildman–Crippen MR) is 49.3 cm³/mol. The molecule has 0 saturated heterocycles. The Morgan fingerprint density at radius 1 is 1.46 bits per heavy atom. The van der Waals surface area contributed by atoms with Crippen LogP contribution < -0.4 is 0 Å². The van der Waals surface area contributed by atoms with Gasteiger partial charge in [0.1, 0.15) is 0 Å². The van der Waals surface area contributed by atoms with Crippen molar-refractivity contribution in [2.24, 2.45) is 0 Å². The van der Waals surface area contributed by atoms with Gasteiger partial charge in [-0.05, 0) is 6.42 Å². The zero-order valence-corrected chi connectivity index (χ0v) is 10.3. The summed E-state index contributed by atoms with van der Waals surface area (Å²) < 4.78 is 0. The molecule has 0 rings (SSSR count). The zero-order chi connectivity index (χ0) is 8.69. The van der Waals surface area contributed by atoms with Gasteiger partial charge in [-0.3, -0.25) is 10.9 Å². The molecule has 4 heteroatoms. The van der Waals surface area contributed by atoms with Gasteiger partial charge >= 0.3 is 27.0 Å². The maximum Gasteiger partial charge on any atom is 2.00 e. The van der Waals surface area contributed by atoms with Crippen molar-refractivity contribution in [2.45, 2.75) is 12.8 Å². The van der Waals surface area contributed by atoms with Gasteiger partial charge in [-0.1, -0.05) is 0 Å². The Kier molecular flexibility index (Phi) is 15.9. The minimum absolute atomic E-state index is 0. The molecule has 0 radical (unpaired) electrons. The number of nitrogens with two attached hydrogens (primary N) is 1. The summed E-state index contributed by atoms with van der Waals surface area (Å²) in [6.45, 7) is 7.00. The number of hydrogen-bond acceptors (Lipinski definition) is 1. The van der Waals surface area contributed by atoms with Gasteiger partial charge in [-0.25, -0.2) is 12.2 Å². The Hall–Kier alpha value is -0.662. The molecule has 0 atom stereocenters. The van der Waals surface area contributed by atoms with Crippen LogP contribution in [-0.2, 0) is 25.9 Å².